The van der Waals surface area contributed by atoms with E-state index in [1.807, 2.05) is 7.05 Å². The normalized spacial score (nSPS) is 17.7. The first-order valence-corrected chi connectivity index (χ1v) is 10.3. The summed E-state index contributed by atoms with van der Waals surface area (Å²) in [7, 11) is 4.04. The van der Waals surface area contributed by atoms with Crippen LogP contribution in [0.3, 0.4) is 0 Å². The first kappa shape index (κ1) is 25.2. The number of nitrogens with one attached hydrogen (secondary N) is 2. The molecule has 0 aliphatic carbocycles. The van der Waals surface area contributed by atoms with E-state index in [1.54, 1.807) is 0 Å². The molecule has 28 heavy (non-hydrogen) atoms. The predicted octanol–water partition coefficient (Wildman–Crippen LogP) is 2.95. The van der Waals surface area contributed by atoms with Crippen LogP contribution in [-0.4, -0.2) is 75.2 Å². The lowest BCUT2D eigenvalue weighted by molar-refractivity contribution is 0.120. The number of hydrogen-bond acceptors (Lipinski definition) is 3. The molecule has 5 nitrogen and oxygen atoms in total. The van der Waals surface area contributed by atoms with Crippen molar-refractivity contribution in [3.8, 4) is 0 Å². The smallest absolute Gasteiger partial charge is 0.191 e. The van der Waals surface area contributed by atoms with E-state index >= 15 is 0 Å². The Labute approximate surface area is 189 Å². The summed E-state index contributed by atoms with van der Waals surface area (Å²) in [6.45, 7) is 15.5. The maximum absolute atomic E-state index is 4.36. The maximum Gasteiger partial charge on any atom is 0.191 e. The Kier molecular flexibility index (Phi) is 10.8. The lowest BCUT2D eigenvalue weighted by Crippen LogP contribution is -2.52. The van der Waals surface area contributed by atoms with E-state index < -0.39 is 0 Å². The summed E-state index contributed by atoms with van der Waals surface area (Å²) in [5.74, 6) is 0.891. The minimum atomic E-state index is 0. The summed E-state index contributed by atoms with van der Waals surface area (Å²) in [6, 6.07) is 9.50. The van der Waals surface area contributed by atoms with Gasteiger partial charge in [-0.2, -0.15) is 0 Å². The molecule has 1 aromatic carbocycles. The predicted molar refractivity (Wildman–Crippen MR) is 132 cm³/mol. The zero-order valence-electron chi connectivity index (χ0n) is 18.6. The van der Waals surface area contributed by atoms with Gasteiger partial charge in [0.1, 0.15) is 0 Å². The van der Waals surface area contributed by atoms with Gasteiger partial charge in [0.05, 0.1) is 0 Å². The summed E-state index contributed by atoms with van der Waals surface area (Å²) < 4.78 is 0. The molecular formula is C22H40IN5. The Hall–Kier alpha value is -0.860. The number of nitrogens with zero attached hydrogens (tertiary/aromatic N) is 3. The highest BCUT2D eigenvalue weighted by atomic mass is 127. The summed E-state index contributed by atoms with van der Waals surface area (Å²) in [4.78, 5) is 9.31. The molecular weight excluding hydrogens is 461 g/mol. The third kappa shape index (κ3) is 8.25. The molecule has 0 radical (unpaired) electrons. The van der Waals surface area contributed by atoms with Gasteiger partial charge in [-0.3, -0.25) is 9.89 Å². The van der Waals surface area contributed by atoms with Crippen molar-refractivity contribution in [1.82, 2.24) is 20.4 Å². The number of benzene rings is 1. The second kappa shape index (κ2) is 12.0. The molecule has 2 N–H and O–H groups in total. The van der Waals surface area contributed by atoms with E-state index in [0.717, 1.165) is 51.6 Å². The van der Waals surface area contributed by atoms with Gasteiger partial charge in [0.25, 0.3) is 0 Å². The number of piperazine rings is 1. The molecule has 0 spiro atoms. The molecule has 1 atom stereocenters. The molecule has 1 aromatic rings. The Morgan fingerprint density at radius 1 is 1.07 bits per heavy atom. The Morgan fingerprint density at radius 2 is 1.68 bits per heavy atom. The van der Waals surface area contributed by atoms with Crippen LogP contribution >= 0.6 is 24.0 Å². The van der Waals surface area contributed by atoms with E-state index in [1.165, 1.54) is 11.1 Å². The second-order valence-electron chi connectivity index (χ2n) is 8.77. The number of aliphatic imine (C=N–C) groups is 1. The molecule has 0 saturated carbocycles. The number of hydrogen-bond donors (Lipinski definition) is 2. The zero-order valence-corrected chi connectivity index (χ0v) is 20.9. The standard InChI is InChI=1S/C22H39N5.HI/c1-18(27-15-13-26(6)14-16-27)17-25-21(23-5)24-12-11-19-7-9-20(10-8-19)22(2,3)4;/h7-10,18H,11-17H2,1-6H3,(H2,23,24,25);1H. The van der Waals surface area contributed by atoms with Crippen molar-refractivity contribution in [3.63, 3.8) is 0 Å². The van der Waals surface area contributed by atoms with Crippen LogP contribution in [0.5, 0.6) is 0 Å². The fraction of sp³-hybridized carbons (Fsp3) is 0.682. The van der Waals surface area contributed by atoms with Gasteiger partial charge in [-0.1, -0.05) is 45.0 Å². The van der Waals surface area contributed by atoms with Crippen LogP contribution in [0.4, 0.5) is 0 Å². The number of guanidine groups is 1. The molecule has 1 fully saturated rings. The molecule has 1 heterocycles. The van der Waals surface area contributed by atoms with Crippen LogP contribution in [-0.2, 0) is 11.8 Å². The minimum Gasteiger partial charge on any atom is -0.356 e. The monoisotopic (exact) mass is 501 g/mol. The van der Waals surface area contributed by atoms with E-state index in [0.29, 0.717) is 6.04 Å². The van der Waals surface area contributed by atoms with Crippen LogP contribution < -0.4 is 10.6 Å². The van der Waals surface area contributed by atoms with Gasteiger partial charge in [0.2, 0.25) is 0 Å². The van der Waals surface area contributed by atoms with Gasteiger partial charge in [-0.25, -0.2) is 0 Å². The Bertz CT molecular complexity index is 586. The summed E-state index contributed by atoms with van der Waals surface area (Å²) in [6.07, 6.45) is 0.999. The van der Waals surface area contributed by atoms with Gasteiger partial charge in [0.15, 0.2) is 5.96 Å². The van der Waals surface area contributed by atoms with Crippen LogP contribution in [0.1, 0.15) is 38.8 Å². The fourth-order valence-electron chi connectivity index (χ4n) is 3.35. The molecule has 1 aliphatic heterocycles. The molecule has 2 rings (SSSR count). The Balaban J connectivity index is 0.00000392. The first-order valence-electron chi connectivity index (χ1n) is 10.3. The molecule has 6 heteroatoms. The summed E-state index contributed by atoms with van der Waals surface area (Å²) >= 11 is 0. The minimum absolute atomic E-state index is 0. The molecule has 1 aliphatic rings. The van der Waals surface area contributed by atoms with Crippen LogP contribution in [0.25, 0.3) is 0 Å². The molecule has 0 amide bonds. The lowest BCUT2D eigenvalue weighted by atomic mass is 9.86. The highest BCUT2D eigenvalue weighted by molar-refractivity contribution is 14.0. The molecule has 160 valence electrons. The van der Waals surface area contributed by atoms with Crippen LogP contribution in [0, 0.1) is 0 Å². The van der Waals surface area contributed by atoms with Crippen molar-refractivity contribution in [3.05, 3.63) is 35.4 Å². The van der Waals surface area contributed by atoms with Gasteiger partial charge in [-0.05, 0) is 36.9 Å². The summed E-state index contributed by atoms with van der Waals surface area (Å²) in [5, 5.41) is 6.92. The van der Waals surface area contributed by atoms with Crippen molar-refractivity contribution in [2.75, 3.05) is 53.4 Å². The highest BCUT2D eigenvalue weighted by Crippen LogP contribution is 2.22. The average Bonchev–Trinajstić information content (AvgIpc) is 2.64. The Morgan fingerprint density at radius 3 is 2.21 bits per heavy atom. The van der Waals surface area contributed by atoms with E-state index in [4.69, 9.17) is 0 Å². The van der Waals surface area contributed by atoms with Gasteiger partial charge in [-0.15, -0.1) is 24.0 Å². The maximum atomic E-state index is 4.36. The third-order valence-electron chi connectivity index (χ3n) is 5.48. The van der Waals surface area contributed by atoms with Crippen LogP contribution in [0.15, 0.2) is 29.3 Å². The van der Waals surface area contributed by atoms with E-state index in [9.17, 15) is 0 Å². The van der Waals surface area contributed by atoms with E-state index in [-0.39, 0.29) is 29.4 Å². The molecule has 0 bridgehead atoms. The number of halogens is 1. The largest absolute Gasteiger partial charge is 0.356 e. The number of likely N-dealkylation sites (N-methyl/N-ethyl adjacent to an activating group) is 1. The van der Waals surface area contributed by atoms with E-state index in [2.05, 4.69) is 84.4 Å². The quantitative estimate of drug-likeness (QED) is 0.358. The van der Waals surface area contributed by atoms with Gasteiger partial charge < -0.3 is 15.5 Å². The van der Waals surface area contributed by atoms with Crippen molar-refractivity contribution >= 4 is 29.9 Å². The summed E-state index contributed by atoms with van der Waals surface area (Å²) in [5.41, 5.74) is 2.95. The van der Waals surface area contributed by atoms with Crippen molar-refractivity contribution in [2.24, 2.45) is 4.99 Å². The molecule has 0 aromatic heterocycles. The zero-order chi connectivity index (χ0) is 19.9. The molecule has 1 saturated heterocycles. The van der Waals surface area contributed by atoms with Crippen molar-refractivity contribution in [1.29, 1.82) is 0 Å². The highest BCUT2D eigenvalue weighted by Gasteiger charge is 2.19. The van der Waals surface area contributed by atoms with Gasteiger partial charge in [0, 0.05) is 52.4 Å². The van der Waals surface area contributed by atoms with Gasteiger partial charge >= 0.3 is 0 Å². The lowest BCUT2D eigenvalue weighted by Gasteiger charge is -2.36. The second-order valence-corrected chi connectivity index (χ2v) is 8.77. The molecule has 1 unspecified atom stereocenters. The first-order chi connectivity index (χ1) is 12.8. The van der Waals surface area contributed by atoms with Crippen molar-refractivity contribution < 1.29 is 0 Å². The number of rotatable bonds is 6. The fourth-order valence-corrected chi connectivity index (χ4v) is 3.35. The topological polar surface area (TPSA) is 42.9 Å². The third-order valence-corrected chi connectivity index (χ3v) is 5.48. The average molecular weight is 502 g/mol. The van der Waals surface area contributed by atoms with Crippen LogP contribution in [0.2, 0.25) is 0 Å². The SMILES string of the molecule is CN=C(NCCc1ccc(C(C)(C)C)cc1)NCC(C)N1CCN(C)CC1.I. The van der Waals surface area contributed by atoms with Crippen molar-refractivity contribution in [2.45, 2.75) is 45.6 Å².